The van der Waals surface area contributed by atoms with E-state index < -0.39 is 0 Å². The Labute approximate surface area is 77.6 Å². The fourth-order valence-electron chi connectivity index (χ4n) is 0.819. The van der Waals surface area contributed by atoms with Gasteiger partial charge in [-0.3, -0.25) is 0 Å². The minimum absolute atomic E-state index is 1.04. The summed E-state index contributed by atoms with van der Waals surface area (Å²) in [7, 11) is 1.96. The van der Waals surface area contributed by atoms with E-state index in [1.54, 1.807) is 0 Å². The van der Waals surface area contributed by atoms with Crippen LogP contribution >= 0.6 is 0 Å². The van der Waals surface area contributed by atoms with Gasteiger partial charge >= 0.3 is 0 Å². The quantitative estimate of drug-likeness (QED) is 0.623. The number of nitrogens with one attached hydrogen (secondary N) is 1. The smallest absolute Gasteiger partial charge is 0.00115 e. The van der Waals surface area contributed by atoms with E-state index in [1.165, 1.54) is 5.57 Å². The van der Waals surface area contributed by atoms with Gasteiger partial charge in [-0.05, 0) is 26.4 Å². The van der Waals surface area contributed by atoms with Crippen molar-refractivity contribution in [3.63, 3.8) is 0 Å². The Balaban J connectivity index is 0. The van der Waals surface area contributed by atoms with Crippen molar-refractivity contribution in [3.05, 3.63) is 24.3 Å². The molecule has 72 valence electrons. The lowest BCUT2D eigenvalue weighted by Gasteiger charge is -1.99. The Kier molecular flexibility index (Phi) is 15.2. The predicted octanol–water partition coefficient (Wildman–Crippen LogP) is 3.14. The van der Waals surface area contributed by atoms with Crippen LogP contribution in [0.1, 0.15) is 33.6 Å². The first-order valence-electron chi connectivity index (χ1n) is 4.81. The van der Waals surface area contributed by atoms with Gasteiger partial charge in [-0.25, -0.2) is 0 Å². The SMILES string of the molecule is C=C/C(=C\CC)CCNC.CC. The molecule has 0 amide bonds. The monoisotopic (exact) mass is 169 g/mol. The van der Waals surface area contributed by atoms with Gasteiger partial charge in [0.1, 0.15) is 0 Å². The van der Waals surface area contributed by atoms with E-state index in [0.717, 1.165) is 19.4 Å². The van der Waals surface area contributed by atoms with Crippen LogP contribution < -0.4 is 5.32 Å². The molecule has 0 aromatic heterocycles. The van der Waals surface area contributed by atoms with Crippen LogP contribution in [0.3, 0.4) is 0 Å². The van der Waals surface area contributed by atoms with E-state index >= 15 is 0 Å². The molecule has 0 rings (SSSR count). The van der Waals surface area contributed by atoms with Crippen LogP contribution in [0.15, 0.2) is 24.3 Å². The second-order valence-electron chi connectivity index (χ2n) is 2.24. The Morgan fingerprint density at radius 3 is 2.33 bits per heavy atom. The summed E-state index contributed by atoms with van der Waals surface area (Å²) >= 11 is 0. The molecule has 0 saturated heterocycles. The molecule has 0 aromatic rings. The standard InChI is InChI=1S/C9H17N.C2H6/c1-4-6-9(5-2)7-8-10-3;1-2/h5-6,10H,2,4,7-8H2,1,3H3;1-2H3/b9-6+;. The molecule has 1 heteroatoms. The molecule has 0 heterocycles. The summed E-state index contributed by atoms with van der Waals surface area (Å²) in [5, 5.41) is 3.10. The molecule has 0 atom stereocenters. The number of rotatable bonds is 5. The number of hydrogen-bond donors (Lipinski definition) is 1. The first-order valence-corrected chi connectivity index (χ1v) is 4.81. The average molecular weight is 169 g/mol. The van der Waals surface area contributed by atoms with Gasteiger partial charge in [0, 0.05) is 0 Å². The zero-order valence-electron chi connectivity index (χ0n) is 8.98. The van der Waals surface area contributed by atoms with Crippen LogP contribution in [0.2, 0.25) is 0 Å². The molecular weight excluding hydrogens is 146 g/mol. The van der Waals surface area contributed by atoms with Crippen molar-refractivity contribution in [3.8, 4) is 0 Å². The zero-order valence-corrected chi connectivity index (χ0v) is 8.98. The topological polar surface area (TPSA) is 12.0 Å². The third-order valence-electron chi connectivity index (χ3n) is 1.39. The molecule has 12 heavy (non-hydrogen) atoms. The van der Waals surface area contributed by atoms with Crippen molar-refractivity contribution in [1.29, 1.82) is 0 Å². The van der Waals surface area contributed by atoms with E-state index in [0.29, 0.717) is 0 Å². The van der Waals surface area contributed by atoms with Crippen molar-refractivity contribution >= 4 is 0 Å². The highest BCUT2D eigenvalue weighted by Crippen LogP contribution is 2.01. The first kappa shape index (κ1) is 14.0. The fourth-order valence-corrected chi connectivity index (χ4v) is 0.819. The minimum atomic E-state index is 1.04. The van der Waals surface area contributed by atoms with Crippen LogP contribution in [-0.2, 0) is 0 Å². The second-order valence-corrected chi connectivity index (χ2v) is 2.24. The highest BCUT2D eigenvalue weighted by atomic mass is 14.8. The van der Waals surface area contributed by atoms with Crippen LogP contribution in [0.4, 0.5) is 0 Å². The fraction of sp³-hybridized carbons (Fsp3) is 0.636. The van der Waals surface area contributed by atoms with Gasteiger partial charge in [-0.2, -0.15) is 0 Å². The highest BCUT2D eigenvalue weighted by Gasteiger charge is 1.87. The molecule has 0 radical (unpaired) electrons. The highest BCUT2D eigenvalue weighted by molar-refractivity contribution is 5.15. The molecule has 0 aliphatic carbocycles. The van der Waals surface area contributed by atoms with Crippen LogP contribution in [0.5, 0.6) is 0 Å². The van der Waals surface area contributed by atoms with E-state index in [1.807, 2.05) is 27.0 Å². The maximum Gasteiger partial charge on any atom is -0.00115 e. The van der Waals surface area contributed by atoms with Crippen molar-refractivity contribution in [2.45, 2.75) is 33.6 Å². The van der Waals surface area contributed by atoms with Crippen molar-refractivity contribution in [1.82, 2.24) is 5.32 Å². The third kappa shape index (κ3) is 9.44. The largest absolute Gasteiger partial charge is 0.319 e. The Bertz CT molecular complexity index is 114. The second kappa shape index (κ2) is 13.1. The molecule has 0 unspecified atom stereocenters. The van der Waals surface area contributed by atoms with E-state index in [4.69, 9.17) is 0 Å². The van der Waals surface area contributed by atoms with Gasteiger partial charge in [0.25, 0.3) is 0 Å². The van der Waals surface area contributed by atoms with Crippen molar-refractivity contribution in [2.24, 2.45) is 0 Å². The third-order valence-corrected chi connectivity index (χ3v) is 1.39. The Morgan fingerprint density at radius 2 is 2.00 bits per heavy atom. The van der Waals surface area contributed by atoms with Crippen molar-refractivity contribution < 1.29 is 0 Å². The molecule has 0 aliphatic heterocycles. The molecule has 0 saturated carbocycles. The number of allylic oxidation sites excluding steroid dienone is 2. The summed E-state index contributed by atoms with van der Waals surface area (Å²) in [6, 6.07) is 0. The van der Waals surface area contributed by atoms with Gasteiger partial charge < -0.3 is 5.32 Å². The van der Waals surface area contributed by atoms with Crippen molar-refractivity contribution in [2.75, 3.05) is 13.6 Å². The van der Waals surface area contributed by atoms with Crippen LogP contribution in [0.25, 0.3) is 0 Å². The van der Waals surface area contributed by atoms with Gasteiger partial charge in [-0.15, -0.1) is 0 Å². The Hall–Kier alpha value is -0.560. The predicted molar refractivity (Wildman–Crippen MR) is 58.5 cm³/mol. The maximum atomic E-state index is 3.74. The van der Waals surface area contributed by atoms with E-state index in [-0.39, 0.29) is 0 Å². The van der Waals surface area contributed by atoms with Gasteiger partial charge in [0.15, 0.2) is 0 Å². The molecule has 0 aliphatic rings. The van der Waals surface area contributed by atoms with E-state index in [2.05, 4.69) is 24.9 Å². The summed E-state index contributed by atoms with van der Waals surface area (Å²) in [5.74, 6) is 0. The first-order chi connectivity index (χ1) is 5.85. The lowest BCUT2D eigenvalue weighted by atomic mass is 10.1. The normalized spacial score (nSPS) is 10.2. The summed E-state index contributed by atoms with van der Waals surface area (Å²) < 4.78 is 0. The maximum absolute atomic E-state index is 3.74. The lowest BCUT2D eigenvalue weighted by Crippen LogP contribution is -2.07. The van der Waals surface area contributed by atoms with Gasteiger partial charge in [0.2, 0.25) is 0 Å². The molecular formula is C11H23N. The average Bonchev–Trinajstić information content (AvgIpc) is 2.15. The molecule has 0 fully saturated rings. The molecule has 0 spiro atoms. The summed E-state index contributed by atoms with van der Waals surface area (Å²) in [6.45, 7) is 10.9. The van der Waals surface area contributed by atoms with Crippen LogP contribution in [0, 0.1) is 0 Å². The molecule has 0 aromatic carbocycles. The lowest BCUT2D eigenvalue weighted by molar-refractivity contribution is 0.792. The summed E-state index contributed by atoms with van der Waals surface area (Å²) in [6.07, 6.45) is 6.34. The molecule has 0 bridgehead atoms. The Morgan fingerprint density at radius 1 is 1.42 bits per heavy atom. The molecule has 1 nitrogen and oxygen atoms in total. The minimum Gasteiger partial charge on any atom is -0.319 e. The number of hydrogen-bond acceptors (Lipinski definition) is 1. The van der Waals surface area contributed by atoms with E-state index in [9.17, 15) is 0 Å². The summed E-state index contributed by atoms with van der Waals surface area (Å²) in [5.41, 5.74) is 1.34. The summed E-state index contributed by atoms with van der Waals surface area (Å²) in [4.78, 5) is 0. The zero-order chi connectivity index (χ0) is 9.82. The van der Waals surface area contributed by atoms with Gasteiger partial charge in [-0.1, -0.05) is 45.1 Å². The van der Waals surface area contributed by atoms with Crippen LogP contribution in [-0.4, -0.2) is 13.6 Å². The molecule has 1 N–H and O–H groups in total. The van der Waals surface area contributed by atoms with Gasteiger partial charge in [0.05, 0.1) is 0 Å².